The van der Waals surface area contributed by atoms with Crippen LogP contribution >= 0.6 is 0 Å². The van der Waals surface area contributed by atoms with Gasteiger partial charge in [-0.2, -0.15) is 15.0 Å². The van der Waals surface area contributed by atoms with Crippen LogP contribution in [0.15, 0.2) is 36.7 Å². The molecule has 1 aromatic heterocycles. The third-order valence-corrected chi connectivity index (χ3v) is 2.05. The van der Waals surface area contributed by atoms with E-state index in [9.17, 15) is 10.2 Å². The molecule has 15 heavy (non-hydrogen) atoms. The fraction of sp³-hybridized carbons (Fsp3) is 0.200. The molecule has 0 bridgehead atoms. The van der Waals surface area contributed by atoms with Gasteiger partial charge in [-0.05, 0) is 13.0 Å². The van der Waals surface area contributed by atoms with E-state index in [1.165, 1.54) is 24.1 Å². The molecule has 0 unspecified atom stereocenters. The molecule has 2 N–H and O–H groups in total. The van der Waals surface area contributed by atoms with E-state index >= 15 is 0 Å². The highest BCUT2D eigenvalue weighted by atomic mass is 16.5. The van der Waals surface area contributed by atoms with Gasteiger partial charge in [0.1, 0.15) is 0 Å². The Labute approximate surface area is 86.6 Å². The van der Waals surface area contributed by atoms with Gasteiger partial charge in [0, 0.05) is 5.56 Å². The van der Waals surface area contributed by atoms with Crippen molar-refractivity contribution in [2.24, 2.45) is 0 Å². The van der Waals surface area contributed by atoms with Gasteiger partial charge >= 0.3 is 0 Å². The third kappa shape index (κ3) is 1.88. The molecule has 0 radical (unpaired) electrons. The predicted molar refractivity (Wildman–Crippen MR) is 53.1 cm³/mol. The highest BCUT2D eigenvalue weighted by Gasteiger charge is 2.23. The van der Waals surface area contributed by atoms with Crippen LogP contribution in [0.4, 0.5) is 0 Å². The molecule has 0 amide bonds. The molecule has 78 valence electrons. The molecular formula is C10H11N3O2. The van der Waals surface area contributed by atoms with E-state index < -0.39 is 5.79 Å². The lowest BCUT2D eigenvalue weighted by Gasteiger charge is -2.19. The first-order valence-electron chi connectivity index (χ1n) is 4.50. The van der Waals surface area contributed by atoms with E-state index in [1.807, 2.05) is 0 Å². The fourth-order valence-corrected chi connectivity index (χ4v) is 1.39. The van der Waals surface area contributed by atoms with Crippen molar-refractivity contribution in [3.63, 3.8) is 0 Å². The topological polar surface area (TPSA) is 71.2 Å². The summed E-state index contributed by atoms with van der Waals surface area (Å²) in [4.78, 5) is 1.35. The summed E-state index contributed by atoms with van der Waals surface area (Å²) in [6.45, 7) is 1.30. The van der Waals surface area contributed by atoms with E-state index in [4.69, 9.17) is 0 Å². The number of hydrogen-bond donors (Lipinski definition) is 2. The molecular weight excluding hydrogens is 194 g/mol. The summed E-state index contributed by atoms with van der Waals surface area (Å²) >= 11 is 0. The second-order valence-electron chi connectivity index (χ2n) is 3.36. The number of aromatic nitrogens is 3. The first-order valence-corrected chi connectivity index (χ1v) is 4.50. The van der Waals surface area contributed by atoms with Gasteiger partial charge < -0.3 is 10.2 Å². The Morgan fingerprint density at radius 1 is 1.13 bits per heavy atom. The zero-order valence-electron chi connectivity index (χ0n) is 8.20. The van der Waals surface area contributed by atoms with Crippen molar-refractivity contribution in [2.45, 2.75) is 12.7 Å². The molecule has 0 saturated carbocycles. The molecule has 5 nitrogen and oxygen atoms in total. The van der Waals surface area contributed by atoms with E-state index in [1.54, 1.807) is 24.3 Å². The van der Waals surface area contributed by atoms with Crippen LogP contribution in [-0.4, -0.2) is 25.2 Å². The zero-order chi connectivity index (χ0) is 10.9. The molecule has 5 heteroatoms. The fourth-order valence-electron chi connectivity index (χ4n) is 1.39. The Balaban J connectivity index is 2.58. The summed E-state index contributed by atoms with van der Waals surface area (Å²) < 4.78 is 0. The Morgan fingerprint density at radius 3 is 2.33 bits per heavy atom. The molecule has 0 aliphatic heterocycles. The quantitative estimate of drug-likeness (QED) is 0.697. The molecule has 1 heterocycles. The van der Waals surface area contributed by atoms with Crippen LogP contribution in [0.3, 0.4) is 0 Å². The number of nitrogens with zero attached hydrogens (tertiary/aromatic N) is 3. The zero-order valence-corrected chi connectivity index (χ0v) is 8.20. The normalized spacial score (nSPS) is 11.7. The minimum atomic E-state index is -1.90. The first kappa shape index (κ1) is 9.82. The number of aliphatic hydroxyl groups is 2. The second kappa shape index (κ2) is 3.45. The van der Waals surface area contributed by atoms with Crippen molar-refractivity contribution < 1.29 is 10.2 Å². The maximum atomic E-state index is 9.56. The van der Waals surface area contributed by atoms with Gasteiger partial charge in [-0.3, -0.25) is 0 Å². The van der Waals surface area contributed by atoms with Crippen LogP contribution in [-0.2, 0) is 5.79 Å². The summed E-state index contributed by atoms with van der Waals surface area (Å²) in [5.74, 6) is -1.90. The summed E-state index contributed by atoms with van der Waals surface area (Å²) in [5.41, 5.74) is 0.913. The number of hydrogen-bond acceptors (Lipinski definition) is 4. The van der Waals surface area contributed by atoms with Crippen molar-refractivity contribution in [3.8, 4) is 5.69 Å². The summed E-state index contributed by atoms with van der Waals surface area (Å²) in [6.07, 6.45) is 3.06. The molecule has 1 aromatic carbocycles. The van der Waals surface area contributed by atoms with Crippen molar-refractivity contribution >= 4 is 0 Å². The van der Waals surface area contributed by atoms with Gasteiger partial charge in [0.05, 0.1) is 18.1 Å². The Bertz CT molecular complexity index is 446. The highest BCUT2D eigenvalue weighted by molar-refractivity contribution is 5.41. The Hall–Kier alpha value is -1.72. The lowest BCUT2D eigenvalue weighted by Crippen LogP contribution is -2.22. The summed E-state index contributed by atoms with van der Waals surface area (Å²) in [5, 5.41) is 27.0. The van der Waals surface area contributed by atoms with Crippen molar-refractivity contribution in [3.05, 3.63) is 42.2 Å². The highest BCUT2D eigenvalue weighted by Crippen LogP contribution is 2.23. The first-order chi connectivity index (χ1) is 7.09. The molecule has 0 aliphatic carbocycles. The van der Waals surface area contributed by atoms with Gasteiger partial charge in [0.25, 0.3) is 0 Å². The monoisotopic (exact) mass is 205 g/mol. The van der Waals surface area contributed by atoms with E-state index in [0.29, 0.717) is 11.3 Å². The van der Waals surface area contributed by atoms with E-state index in [0.717, 1.165) is 0 Å². The maximum Gasteiger partial charge on any atom is 0.188 e. The molecule has 0 fully saturated rings. The van der Waals surface area contributed by atoms with Gasteiger partial charge in [-0.25, -0.2) is 0 Å². The van der Waals surface area contributed by atoms with E-state index in [2.05, 4.69) is 10.2 Å². The molecule has 0 saturated heterocycles. The van der Waals surface area contributed by atoms with Crippen LogP contribution in [0.25, 0.3) is 5.69 Å². The maximum absolute atomic E-state index is 9.56. The SMILES string of the molecule is CC(O)(O)c1ccccc1-n1nccn1. The molecule has 2 aromatic rings. The average molecular weight is 205 g/mol. The predicted octanol–water partition coefficient (Wildman–Crippen LogP) is 0.425. The third-order valence-electron chi connectivity index (χ3n) is 2.05. The second-order valence-corrected chi connectivity index (χ2v) is 3.36. The van der Waals surface area contributed by atoms with Crippen molar-refractivity contribution in [2.75, 3.05) is 0 Å². The minimum Gasteiger partial charge on any atom is -0.362 e. The van der Waals surface area contributed by atoms with Crippen LogP contribution in [0.5, 0.6) is 0 Å². The smallest absolute Gasteiger partial charge is 0.188 e. The molecule has 0 atom stereocenters. The van der Waals surface area contributed by atoms with Crippen LogP contribution in [0.1, 0.15) is 12.5 Å². The van der Waals surface area contributed by atoms with Gasteiger partial charge in [-0.15, -0.1) is 0 Å². The Kier molecular flexibility index (Phi) is 2.26. The minimum absolute atomic E-state index is 0.362. The van der Waals surface area contributed by atoms with Crippen LogP contribution in [0, 0.1) is 0 Å². The van der Waals surface area contributed by atoms with Gasteiger partial charge in [0.15, 0.2) is 5.79 Å². The Morgan fingerprint density at radius 2 is 1.73 bits per heavy atom. The number of benzene rings is 1. The number of para-hydroxylation sites is 1. The standard InChI is InChI=1S/C10H11N3O2/c1-10(14,15)8-4-2-3-5-9(8)13-11-6-7-12-13/h2-7,14-15H,1H3. The largest absolute Gasteiger partial charge is 0.362 e. The lowest BCUT2D eigenvalue weighted by molar-refractivity contribution is -0.152. The van der Waals surface area contributed by atoms with Gasteiger partial charge in [0.2, 0.25) is 0 Å². The van der Waals surface area contributed by atoms with Gasteiger partial charge in [-0.1, -0.05) is 18.2 Å². The van der Waals surface area contributed by atoms with Crippen LogP contribution in [0.2, 0.25) is 0 Å². The summed E-state index contributed by atoms with van der Waals surface area (Å²) in [6, 6.07) is 6.86. The van der Waals surface area contributed by atoms with Crippen molar-refractivity contribution in [1.29, 1.82) is 0 Å². The number of rotatable bonds is 2. The van der Waals surface area contributed by atoms with Crippen molar-refractivity contribution in [1.82, 2.24) is 15.0 Å². The molecule has 2 rings (SSSR count). The average Bonchev–Trinajstić information content (AvgIpc) is 2.69. The lowest BCUT2D eigenvalue weighted by atomic mass is 10.1. The van der Waals surface area contributed by atoms with E-state index in [-0.39, 0.29) is 0 Å². The summed E-state index contributed by atoms with van der Waals surface area (Å²) in [7, 11) is 0. The van der Waals surface area contributed by atoms with Crippen LogP contribution < -0.4 is 0 Å². The molecule has 0 aliphatic rings. The molecule has 0 spiro atoms.